The molecule has 1 unspecified atom stereocenters. The Kier molecular flexibility index (Phi) is 3.47. The number of halogens is 1. The maximum atomic E-state index is 12.9. The van der Waals surface area contributed by atoms with Crippen LogP contribution >= 0.6 is 0 Å². The summed E-state index contributed by atoms with van der Waals surface area (Å²) in [6, 6.07) is 4.04. The van der Waals surface area contributed by atoms with Gasteiger partial charge in [-0.05, 0) is 30.0 Å². The molecule has 1 rings (SSSR count). The van der Waals surface area contributed by atoms with Gasteiger partial charge >= 0.3 is 0 Å². The third-order valence-electron chi connectivity index (χ3n) is 2.27. The fraction of sp³-hybridized carbons (Fsp3) is 0.455. The Hall–Kier alpha value is -1.09. The Labute approximate surface area is 83.6 Å². The van der Waals surface area contributed by atoms with Gasteiger partial charge < -0.3 is 10.8 Å². The van der Waals surface area contributed by atoms with Gasteiger partial charge in [0.1, 0.15) is 11.6 Å². The van der Waals surface area contributed by atoms with Gasteiger partial charge in [-0.3, -0.25) is 0 Å². The first kappa shape index (κ1) is 11.0. The molecule has 0 bridgehead atoms. The highest BCUT2D eigenvalue weighted by Gasteiger charge is 2.09. The normalized spacial score (nSPS) is 13.2. The van der Waals surface area contributed by atoms with Gasteiger partial charge in [-0.2, -0.15) is 0 Å². The molecular formula is C11H16FNO. The van der Waals surface area contributed by atoms with Gasteiger partial charge in [-0.1, -0.05) is 13.8 Å². The number of rotatable bonds is 3. The van der Waals surface area contributed by atoms with Crippen molar-refractivity contribution in [2.75, 3.05) is 0 Å². The third-order valence-corrected chi connectivity index (χ3v) is 2.27. The number of phenols is 1. The maximum Gasteiger partial charge on any atom is 0.127 e. The summed E-state index contributed by atoms with van der Waals surface area (Å²) < 4.78 is 12.9. The second kappa shape index (κ2) is 4.42. The van der Waals surface area contributed by atoms with Crippen LogP contribution in [0, 0.1) is 11.7 Å². The average Bonchev–Trinajstić information content (AvgIpc) is 2.01. The van der Waals surface area contributed by atoms with Crippen LogP contribution in [0.1, 0.15) is 19.4 Å². The van der Waals surface area contributed by atoms with Crippen molar-refractivity contribution in [2.24, 2.45) is 11.7 Å². The van der Waals surface area contributed by atoms with Crippen LogP contribution in [0.15, 0.2) is 18.2 Å². The van der Waals surface area contributed by atoms with Crippen molar-refractivity contribution in [2.45, 2.75) is 26.3 Å². The van der Waals surface area contributed by atoms with Gasteiger partial charge in [-0.15, -0.1) is 0 Å². The van der Waals surface area contributed by atoms with Crippen LogP contribution in [0.3, 0.4) is 0 Å². The maximum absolute atomic E-state index is 12.9. The Morgan fingerprint density at radius 2 is 2.00 bits per heavy atom. The van der Waals surface area contributed by atoms with Crippen molar-refractivity contribution < 1.29 is 9.50 Å². The zero-order valence-electron chi connectivity index (χ0n) is 8.50. The molecule has 1 aromatic carbocycles. The monoisotopic (exact) mass is 197 g/mol. The number of hydrogen-bond donors (Lipinski definition) is 2. The predicted molar refractivity (Wildman–Crippen MR) is 54.6 cm³/mol. The van der Waals surface area contributed by atoms with Crippen molar-refractivity contribution in [3.8, 4) is 5.75 Å². The lowest BCUT2D eigenvalue weighted by atomic mass is 9.97. The van der Waals surface area contributed by atoms with E-state index in [0.29, 0.717) is 12.3 Å². The molecule has 2 nitrogen and oxygen atoms in total. The van der Waals surface area contributed by atoms with Crippen LogP contribution in [-0.4, -0.2) is 11.1 Å². The summed E-state index contributed by atoms with van der Waals surface area (Å²) in [6.07, 6.45) is 0.586. The molecule has 0 spiro atoms. The highest BCUT2D eigenvalue weighted by Crippen LogP contribution is 2.17. The second-order valence-corrected chi connectivity index (χ2v) is 3.93. The first-order chi connectivity index (χ1) is 6.49. The topological polar surface area (TPSA) is 46.2 Å². The van der Waals surface area contributed by atoms with Crippen LogP contribution in [-0.2, 0) is 6.42 Å². The first-order valence-corrected chi connectivity index (χ1v) is 4.73. The number of aromatic hydroxyl groups is 1. The summed E-state index contributed by atoms with van der Waals surface area (Å²) in [5, 5.41) is 9.16. The lowest BCUT2D eigenvalue weighted by Crippen LogP contribution is -2.28. The summed E-state index contributed by atoms with van der Waals surface area (Å²) in [7, 11) is 0. The molecule has 0 fully saturated rings. The van der Waals surface area contributed by atoms with Crippen LogP contribution in [0.5, 0.6) is 5.75 Å². The van der Waals surface area contributed by atoms with E-state index in [2.05, 4.69) is 0 Å². The minimum atomic E-state index is -0.420. The van der Waals surface area contributed by atoms with Crippen LogP contribution in [0.2, 0.25) is 0 Å². The largest absolute Gasteiger partial charge is 0.508 e. The minimum absolute atomic E-state index is 0.00352. The first-order valence-electron chi connectivity index (χ1n) is 4.73. The van der Waals surface area contributed by atoms with Gasteiger partial charge in [0.05, 0.1) is 0 Å². The van der Waals surface area contributed by atoms with Gasteiger partial charge in [0.15, 0.2) is 0 Å². The molecule has 0 aromatic heterocycles. The molecule has 0 heterocycles. The Balaban J connectivity index is 2.76. The fourth-order valence-electron chi connectivity index (χ4n) is 1.26. The van der Waals surface area contributed by atoms with Crippen LogP contribution in [0.25, 0.3) is 0 Å². The second-order valence-electron chi connectivity index (χ2n) is 3.93. The highest BCUT2D eigenvalue weighted by atomic mass is 19.1. The summed E-state index contributed by atoms with van der Waals surface area (Å²) in [5.41, 5.74) is 6.58. The SMILES string of the molecule is CC(C)C(N)Cc1cc(O)cc(F)c1. The number of hydrogen-bond acceptors (Lipinski definition) is 2. The molecule has 0 aliphatic carbocycles. The summed E-state index contributed by atoms with van der Waals surface area (Å²) in [4.78, 5) is 0. The minimum Gasteiger partial charge on any atom is -0.508 e. The zero-order chi connectivity index (χ0) is 10.7. The summed E-state index contributed by atoms with van der Waals surface area (Å²) in [5.74, 6) is -0.118. The van der Waals surface area contributed by atoms with Crippen molar-refractivity contribution in [3.05, 3.63) is 29.6 Å². The summed E-state index contributed by atoms with van der Waals surface area (Å²) >= 11 is 0. The third kappa shape index (κ3) is 3.00. The van der Waals surface area contributed by atoms with E-state index < -0.39 is 5.82 Å². The molecule has 14 heavy (non-hydrogen) atoms. The molecule has 78 valence electrons. The molecule has 1 atom stereocenters. The van der Waals surface area contributed by atoms with E-state index >= 15 is 0 Å². The molecule has 1 aromatic rings. The average molecular weight is 197 g/mol. The van der Waals surface area contributed by atoms with E-state index in [4.69, 9.17) is 10.8 Å². The van der Waals surface area contributed by atoms with E-state index in [9.17, 15) is 4.39 Å². The quantitative estimate of drug-likeness (QED) is 0.779. The van der Waals surface area contributed by atoms with E-state index in [1.54, 1.807) is 6.07 Å². The van der Waals surface area contributed by atoms with Gasteiger partial charge in [0, 0.05) is 12.1 Å². The molecule has 3 heteroatoms. The Morgan fingerprint density at radius 1 is 1.36 bits per heavy atom. The Bertz CT molecular complexity index is 292. The smallest absolute Gasteiger partial charge is 0.127 e. The lowest BCUT2D eigenvalue weighted by Gasteiger charge is -2.15. The van der Waals surface area contributed by atoms with E-state index in [-0.39, 0.29) is 11.8 Å². The van der Waals surface area contributed by atoms with Gasteiger partial charge in [0.25, 0.3) is 0 Å². The zero-order valence-corrected chi connectivity index (χ0v) is 8.50. The number of phenolic OH excluding ortho intramolecular Hbond substituents is 1. The molecule has 0 aliphatic rings. The van der Waals surface area contributed by atoms with Crippen molar-refractivity contribution >= 4 is 0 Å². The van der Waals surface area contributed by atoms with Crippen molar-refractivity contribution in [3.63, 3.8) is 0 Å². The molecule has 0 radical (unpaired) electrons. The van der Waals surface area contributed by atoms with Gasteiger partial charge in [0.2, 0.25) is 0 Å². The molecule has 3 N–H and O–H groups in total. The van der Waals surface area contributed by atoms with Gasteiger partial charge in [-0.25, -0.2) is 4.39 Å². The van der Waals surface area contributed by atoms with E-state index in [0.717, 1.165) is 11.6 Å². The molecule has 0 amide bonds. The standard InChI is InChI=1S/C11H16FNO/c1-7(2)11(13)5-8-3-9(12)6-10(14)4-8/h3-4,6-7,11,14H,5,13H2,1-2H3. The predicted octanol–water partition coefficient (Wildman–Crippen LogP) is 2.06. The fourth-order valence-corrected chi connectivity index (χ4v) is 1.26. The summed E-state index contributed by atoms with van der Waals surface area (Å²) in [6.45, 7) is 4.04. The van der Waals surface area contributed by atoms with E-state index in [1.807, 2.05) is 13.8 Å². The Morgan fingerprint density at radius 3 is 2.50 bits per heavy atom. The van der Waals surface area contributed by atoms with Crippen molar-refractivity contribution in [1.29, 1.82) is 0 Å². The number of nitrogens with two attached hydrogens (primary N) is 1. The van der Waals surface area contributed by atoms with Crippen LogP contribution < -0.4 is 5.73 Å². The highest BCUT2D eigenvalue weighted by molar-refractivity contribution is 5.28. The number of benzene rings is 1. The molecule has 0 saturated heterocycles. The molecular weight excluding hydrogens is 181 g/mol. The molecule has 0 aliphatic heterocycles. The van der Waals surface area contributed by atoms with Crippen molar-refractivity contribution in [1.82, 2.24) is 0 Å². The molecule has 0 saturated carbocycles. The van der Waals surface area contributed by atoms with Crippen LogP contribution in [0.4, 0.5) is 4.39 Å². The lowest BCUT2D eigenvalue weighted by molar-refractivity contribution is 0.462. The van der Waals surface area contributed by atoms with E-state index in [1.165, 1.54) is 6.07 Å².